The van der Waals surface area contributed by atoms with Gasteiger partial charge < -0.3 is 9.80 Å². The summed E-state index contributed by atoms with van der Waals surface area (Å²) in [5.74, 6) is 0.105. The summed E-state index contributed by atoms with van der Waals surface area (Å²) in [6.07, 6.45) is 1.01. The number of carbonyl (C=O) groups is 1. The molecule has 1 aromatic heterocycles. The highest BCUT2D eigenvalue weighted by atomic mass is 16.2. The maximum atomic E-state index is 13.3. The standard InChI is InChI=1S/C23H25N3O/c1-3-17-8-10-18(11-9-17)22-16-20(19-6-4-5-7-21(19)24-22)23(27)26-14-12-25(2)13-15-26/h4-11,16H,3,12-15H2,1-2H3. The highest BCUT2D eigenvalue weighted by Gasteiger charge is 2.23. The zero-order valence-corrected chi connectivity index (χ0v) is 16.0. The molecule has 2 heterocycles. The summed E-state index contributed by atoms with van der Waals surface area (Å²) in [7, 11) is 2.10. The van der Waals surface area contributed by atoms with E-state index in [0.717, 1.165) is 60.3 Å². The van der Waals surface area contributed by atoms with Gasteiger partial charge >= 0.3 is 0 Å². The fourth-order valence-corrected chi connectivity index (χ4v) is 3.59. The zero-order valence-electron chi connectivity index (χ0n) is 16.0. The maximum absolute atomic E-state index is 13.3. The van der Waals surface area contributed by atoms with Gasteiger partial charge in [0.2, 0.25) is 0 Å². The van der Waals surface area contributed by atoms with Gasteiger partial charge in [-0.1, -0.05) is 49.4 Å². The van der Waals surface area contributed by atoms with Crippen LogP contribution in [0.1, 0.15) is 22.8 Å². The van der Waals surface area contributed by atoms with E-state index in [9.17, 15) is 4.79 Å². The van der Waals surface area contributed by atoms with E-state index in [4.69, 9.17) is 4.98 Å². The molecule has 2 aromatic carbocycles. The number of hydrogen-bond donors (Lipinski definition) is 0. The minimum atomic E-state index is 0.105. The lowest BCUT2D eigenvalue weighted by molar-refractivity contribution is 0.0666. The van der Waals surface area contributed by atoms with Crippen LogP contribution in [0.25, 0.3) is 22.2 Å². The van der Waals surface area contributed by atoms with Crippen molar-refractivity contribution < 1.29 is 4.79 Å². The van der Waals surface area contributed by atoms with E-state index in [2.05, 4.69) is 43.1 Å². The quantitative estimate of drug-likeness (QED) is 0.713. The van der Waals surface area contributed by atoms with Crippen LogP contribution in [0.5, 0.6) is 0 Å². The summed E-state index contributed by atoms with van der Waals surface area (Å²) in [6, 6.07) is 18.4. The zero-order chi connectivity index (χ0) is 18.8. The van der Waals surface area contributed by atoms with Crippen molar-refractivity contribution in [3.8, 4) is 11.3 Å². The van der Waals surface area contributed by atoms with Gasteiger partial charge in [0.25, 0.3) is 5.91 Å². The van der Waals surface area contributed by atoms with Crippen molar-refractivity contribution in [2.45, 2.75) is 13.3 Å². The van der Waals surface area contributed by atoms with Crippen LogP contribution in [-0.4, -0.2) is 53.9 Å². The number of benzene rings is 2. The number of carbonyl (C=O) groups excluding carboxylic acids is 1. The van der Waals surface area contributed by atoms with E-state index in [0.29, 0.717) is 0 Å². The molecule has 1 amide bonds. The first kappa shape index (κ1) is 17.7. The van der Waals surface area contributed by atoms with Crippen molar-refractivity contribution in [3.63, 3.8) is 0 Å². The molecule has 0 atom stereocenters. The molecule has 0 spiro atoms. The molecule has 1 aliphatic rings. The largest absolute Gasteiger partial charge is 0.336 e. The Hall–Kier alpha value is -2.72. The molecule has 4 nitrogen and oxygen atoms in total. The monoisotopic (exact) mass is 359 g/mol. The number of amides is 1. The number of rotatable bonds is 3. The summed E-state index contributed by atoms with van der Waals surface area (Å²) in [6.45, 7) is 5.52. The normalized spacial score (nSPS) is 15.3. The molecule has 27 heavy (non-hydrogen) atoms. The maximum Gasteiger partial charge on any atom is 0.254 e. The summed E-state index contributed by atoms with van der Waals surface area (Å²) >= 11 is 0. The van der Waals surface area contributed by atoms with Crippen molar-refractivity contribution in [2.24, 2.45) is 0 Å². The van der Waals surface area contributed by atoms with Gasteiger partial charge in [-0.25, -0.2) is 4.98 Å². The Morgan fingerprint density at radius 1 is 1.00 bits per heavy atom. The Kier molecular flexibility index (Phi) is 4.90. The van der Waals surface area contributed by atoms with Crippen LogP contribution in [0.3, 0.4) is 0 Å². The number of pyridine rings is 1. The van der Waals surface area contributed by atoms with Gasteiger partial charge in [0.1, 0.15) is 0 Å². The molecule has 0 aliphatic carbocycles. The lowest BCUT2D eigenvalue weighted by Crippen LogP contribution is -2.47. The first-order valence-electron chi connectivity index (χ1n) is 9.62. The Bertz CT molecular complexity index is 957. The van der Waals surface area contributed by atoms with Crippen molar-refractivity contribution in [3.05, 3.63) is 65.7 Å². The van der Waals surface area contributed by atoms with Gasteiger partial charge in [0.15, 0.2) is 0 Å². The molecule has 1 aliphatic heterocycles. The average Bonchev–Trinajstić information content (AvgIpc) is 2.73. The van der Waals surface area contributed by atoms with E-state index in [-0.39, 0.29) is 5.91 Å². The molecule has 4 rings (SSSR count). The summed E-state index contributed by atoms with van der Waals surface area (Å²) < 4.78 is 0. The Labute approximate surface area is 160 Å². The van der Waals surface area contributed by atoms with Crippen molar-refractivity contribution in [2.75, 3.05) is 33.2 Å². The molecule has 138 valence electrons. The van der Waals surface area contributed by atoms with E-state index >= 15 is 0 Å². The van der Waals surface area contributed by atoms with E-state index in [1.165, 1.54) is 5.56 Å². The molecular weight excluding hydrogens is 334 g/mol. The molecular formula is C23H25N3O. The molecule has 3 aromatic rings. The number of nitrogens with zero attached hydrogens (tertiary/aromatic N) is 3. The van der Waals surface area contributed by atoms with Crippen LogP contribution in [0.15, 0.2) is 54.6 Å². The van der Waals surface area contributed by atoms with Crippen LogP contribution in [0.2, 0.25) is 0 Å². The number of aromatic nitrogens is 1. The second kappa shape index (κ2) is 7.49. The Morgan fingerprint density at radius 2 is 1.70 bits per heavy atom. The van der Waals surface area contributed by atoms with Gasteiger partial charge in [-0.2, -0.15) is 0 Å². The number of aryl methyl sites for hydroxylation is 1. The first-order valence-corrected chi connectivity index (χ1v) is 9.62. The van der Waals surface area contributed by atoms with E-state index in [1.807, 2.05) is 35.2 Å². The van der Waals surface area contributed by atoms with Crippen LogP contribution in [0.4, 0.5) is 0 Å². The minimum Gasteiger partial charge on any atom is -0.336 e. The second-order valence-corrected chi connectivity index (χ2v) is 7.22. The molecule has 0 unspecified atom stereocenters. The summed E-state index contributed by atoms with van der Waals surface area (Å²) in [5.41, 5.74) is 4.82. The number of likely N-dealkylation sites (N-methyl/N-ethyl adjacent to an activating group) is 1. The average molecular weight is 359 g/mol. The second-order valence-electron chi connectivity index (χ2n) is 7.22. The van der Waals surface area contributed by atoms with Crippen molar-refractivity contribution in [1.82, 2.24) is 14.8 Å². The van der Waals surface area contributed by atoms with Gasteiger partial charge in [-0.3, -0.25) is 4.79 Å². The minimum absolute atomic E-state index is 0.105. The number of fused-ring (bicyclic) bond motifs is 1. The Balaban J connectivity index is 1.77. The van der Waals surface area contributed by atoms with Crippen LogP contribution >= 0.6 is 0 Å². The lowest BCUT2D eigenvalue weighted by Gasteiger charge is -2.32. The van der Waals surface area contributed by atoms with Crippen molar-refractivity contribution >= 4 is 16.8 Å². The predicted molar refractivity (Wildman–Crippen MR) is 110 cm³/mol. The predicted octanol–water partition coefficient (Wildman–Crippen LogP) is 3.85. The van der Waals surface area contributed by atoms with Crippen LogP contribution < -0.4 is 0 Å². The van der Waals surface area contributed by atoms with E-state index < -0.39 is 0 Å². The fourth-order valence-electron chi connectivity index (χ4n) is 3.59. The highest BCUT2D eigenvalue weighted by Crippen LogP contribution is 2.26. The number of para-hydroxylation sites is 1. The third-order valence-corrected chi connectivity index (χ3v) is 5.40. The van der Waals surface area contributed by atoms with Gasteiger partial charge in [-0.05, 0) is 31.2 Å². The molecule has 1 fully saturated rings. The molecule has 0 radical (unpaired) electrons. The molecule has 0 N–H and O–H groups in total. The molecule has 0 bridgehead atoms. The van der Waals surface area contributed by atoms with Crippen LogP contribution in [0, 0.1) is 0 Å². The fraction of sp³-hybridized carbons (Fsp3) is 0.304. The molecule has 0 saturated carbocycles. The SMILES string of the molecule is CCc1ccc(-c2cc(C(=O)N3CCN(C)CC3)c3ccccc3n2)cc1. The van der Waals surface area contributed by atoms with Gasteiger partial charge in [0, 0.05) is 37.1 Å². The number of hydrogen-bond acceptors (Lipinski definition) is 3. The van der Waals surface area contributed by atoms with E-state index in [1.54, 1.807) is 0 Å². The first-order chi connectivity index (χ1) is 13.2. The Morgan fingerprint density at radius 3 is 2.41 bits per heavy atom. The summed E-state index contributed by atoms with van der Waals surface area (Å²) in [4.78, 5) is 22.3. The van der Waals surface area contributed by atoms with Crippen molar-refractivity contribution in [1.29, 1.82) is 0 Å². The molecule has 4 heteroatoms. The third kappa shape index (κ3) is 3.58. The third-order valence-electron chi connectivity index (χ3n) is 5.40. The molecule has 1 saturated heterocycles. The van der Waals surface area contributed by atoms with Gasteiger partial charge in [0.05, 0.1) is 16.8 Å². The number of piperazine rings is 1. The van der Waals surface area contributed by atoms with Gasteiger partial charge in [-0.15, -0.1) is 0 Å². The lowest BCUT2D eigenvalue weighted by atomic mass is 10.0. The van der Waals surface area contributed by atoms with Crippen LogP contribution in [-0.2, 0) is 6.42 Å². The summed E-state index contributed by atoms with van der Waals surface area (Å²) in [5, 5.41) is 0.926. The topological polar surface area (TPSA) is 36.4 Å². The smallest absolute Gasteiger partial charge is 0.254 e. The highest BCUT2D eigenvalue weighted by molar-refractivity contribution is 6.07.